The molecule has 0 heterocycles. The van der Waals surface area contributed by atoms with Gasteiger partial charge < -0.3 is 21.1 Å². The summed E-state index contributed by atoms with van der Waals surface area (Å²) < 4.78 is 0. The molecule has 0 saturated heterocycles. The van der Waals surface area contributed by atoms with Crippen molar-refractivity contribution in [3.8, 4) is 0 Å². The lowest BCUT2D eigenvalue weighted by Crippen LogP contribution is -2.49. The Morgan fingerprint density at radius 3 is 2.35 bits per heavy atom. The van der Waals surface area contributed by atoms with Crippen molar-refractivity contribution in [1.82, 2.24) is 10.2 Å². The van der Waals surface area contributed by atoms with Crippen LogP contribution in [-0.2, 0) is 9.59 Å². The quantitative estimate of drug-likeness (QED) is 0.551. The number of hydrogen-bond donors (Lipinski definition) is 3. The molecule has 94 valence electrons. The number of carbonyl (C=O) groups is 3. The average molecular weight is 241 g/mol. The van der Waals surface area contributed by atoms with Crippen molar-refractivity contribution in [2.24, 2.45) is 5.73 Å². The summed E-state index contributed by atoms with van der Waals surface area (Å²) in [5, 5.41) is 11.3. The van der Waals surface area contributed by atoms with E-state index in [1.807, 2.05) is 12.2 Å². The highest BCUT2D eigenvalue weighted by molar-refractivity contribution is 5.86. The van der Waals surface area contributed by atoms with E-state index < -0.39 is 31.0 Å². The van der Waals surface area contributed by atoms with Crippen LogP contribution in [0.25, 0.3) is 0 Å². The number of nitrogens with one attached hydrogen (secondary N) is 1. The van der Waals surface area contributed by atoms with Crippen LogP contribution >= 0.6 is 0 Å². The minimum Gasteiger partial charge on any atom is -0.480 e. The second-order valence-electron chi connectivity index (χ2n) is 3.81. The number of urea groups is 1. The molecule has 7 heteroatoms. The molecule has 1 rings (SSSR count). The van der Waals surface area contributed by atoms with Crippen molar-refractivity contribution in [3.05, 3.63) is 12.2 Å². The maximum Gasteiger partial charge on any atom is 0.323 e. The Balaban J connectivity index is 2.51. The number of nitrogens with two attached hydrogens (primary N) is 1. The van der Waals surface area contributed by atoms with Crippen LogP contribution in [0.4, 0.5) is 4.79 Å². The van der Waals surface area contributed by atoms with Gasteiger partial charge in [-0.1, -0.05) is 12.2 Å². The molecule has 1 aliphatic rings. The Kier molecular flexibility index (Phi) is 4.50. The largest absolute Gasteiger partial charge is 0.480 e. The van der Waals surface area contributed by atoms with Gasteiger partial charge in [0.05, 0.1) is 0 Å². The van der Waals surface area contributed by atoms with Crippen LogP contribution in [-0.4, -0.2) is 47.0 Å². The van der Waals surface area contributed by atoms with E-state index in [0.717, 1.165) is 4.90 Å². The molecule has 0 aromatic rings. The Hall–Kier alpha value is -2.05. The molecule has 0 aromatic heterocycles. The van der Waals surface area contributed by atoms with E-state index in [1.165, 1.54) is 0 Å². The molecule has 1 aliphatic carbocycles. The lowest BCUT2D eigenvalue weighted by Gasteiger charge is -2.22. The van der Waals surface area contributed by atoms with E-state index in [0.29, 0.717) is 12.8 Å². The third-order valence-electron chi connectivity index (χ3n) is 2.30. The van der Waals surface area contributed by atoms with Gasteiger partial charge in [-0.2, -0.15) is 0 Å². The number of nitrogens with zero attached hydrogens (tertiary/aromatic N) is 1. The first-order chi connectivity index (χ1) is 7.99. The van der Waals surface area contributed by atoms with E-state index in [2.05, 4.69) is 5.32 Å². The van der Waals surface area contributed by atoms with Gasteiger partial charge in [0.1, 0.15) is 13.1 Å². The maximum atomic E-state index is 11.7. The average Bonchev–Trinajstić information content (AvgIpc) is 2.67. The summed E-state index contributed by atoms with van der Waals surface area (Å²) in [7, 11) is 0. The SMILES string of the molecule is NC(=O)CN(CC(=O)O)C(=O)NC1CC=CC1. The molecule has 0 aliphatic heterocycles. The number of carbonyl (C=O) groups excluding carboxylic acids is 2. The van der Waals surface area contributed by atoms with Crippen molar-refractivity contribution in [2.75, 3.05) is 13.1 Å². The van der Waals surface area contributed by atoms with Crippen molar-refractivity contribution >= 4 is 17.9 Å². The number of carboxylic acid groups (broad SMARTS) is 1. The molecule has 0 aromatic carbocycles. The van der Waals surface area contributed by atoms with E-state index in [-0.39, 0.29) is 6.04 Å². The molecular weight excluding hydrogens is 226 g/mol. The third kappa shape index (κ3) is 4.54. The summed E-state index contributed by atoms with van der Waals surface area (Å²) in [6.07, 6.45) is 5.29. The molecule has 17 heavy (non-hydrogen) atoms. The van der Waals surface area contributed by atoms with Crippen LogP contribution in [0.3, 0.4) is 0 Å². The summed E-state index contributed by atoms with van der Waals surface area (Å²) in [6, 6.07) is -0.619. The van der Waals surface area contributed by atoms with E-state index in [4.69, 9.17) is 10.8 Å². The molecule has 0 unspecified atom stereocenters. The minimum absolute atomic E-state index is 0.0355. The highest BCUT2D eigenvalue weighted by Crippen LogP contribution is 2.09. The normalized spacial score (nSPS) is 14.6. The van der Waals surface area contributed by atoms with Gasteiger partial charge in [-0.15, -0.1) is 0 Å². The fourth-order valence-electron chi connectivity index (χ4n) is 1.55. The van der Waals surface area contributed by atoms with E-state index >= 15 is 0 Å². The first kappa shape index (κ1) is 13.0. The second kappa shape index (κ2) is 5.88. The van der Waals surface area contributed by atoms with Gasteiger partial charge in [-0.3, -0.25) is 9.59 Å². The molecule has 0 spiro atoms. The highest BCUT2D eigenvalue weighted by atomic mass is 16.4. The van der Waals surface area contributed by atoms with Crippen LogP contribution in [0, 0.1) is 0 Å². The molecule has 0 fully saturated rings. The second-order valence-corrected chi connectivity index (χ2v) is 3.81. The summed E-state index contributed by atoms with van der Waals surface area (Å²) in [4.78, 5) is 33.8. The first-order valence-electron chi connectivity index (χ1n) is 5.19. The molecule has 7 nitrogen and oxygen atoms in total. The Morgan fingerprint density at radius 1 is 1.29 bits per heavy atom. The third-order valence-corrected chi connectivity index (χ3v) is 2.30. The highest BCUT2D eigenvalue weighted by Gasteiger charge is 2.21. The Labute approximate surface area is 98.3 Å². The van der Waals surface area contributed by atoms with Gasteiger partial charge in [0.15, 0.2) is 0 Å². The van der Waals surface area contributed by atoms with Gasteiger partial charge >= 0.3 is 12.0 Å². The summed E-state index contributed by atoms with van der Waals surface area (Å²) in [5.41, 5.74) is 4.95. The summed E-state index contributed by atoms with van der Waals surface area (Å²) in [6.45, 7) is -0.951. The van der Waals surface area contributed by atoms with Crippen LogP contribution in [0.2, 0.25) is 0 Å². The number of rotatable bonds is 5. The topological polar surface area (TPSA) is 113 Å². The molecular formula is C10H15N3O4. The predicted octanol–water partition coefficient (Wildman–Crippen LogP) is -0.713. The van der Waals surface area contributed by atoms with Gasteiger partial charge in [-0.05, 0) is 12.8 Å². The van der Waals surface area contributed by atoms with Crippen LogP contribution in [0.5, 0.6) is 0 Å². The zero-order valence-corrected chi connectivity index (χ0v) is 9.26. The van der Waals surface area contributed by atoms with E-state index in [9.17, 15) is 14.4 Å². The minimum atomic E-state index is -1.19. The van der Waals surface area contributed by atoms with Crippen molar-refractivity contribution in [1.29, 1.82) is 0 Å². The smallest absolute Gasteiger partial charge is 0.323 e. The van der Waals surface area contributed by atoms with Crippen molar-refractivity contribution in [2.45, 2.75) is 18.9 Å². The Bertz CT molecular complexity index is 329. The lowest BCUT2D eigenvalue weighted by atomic mass is 10.2. The van der Waals surface area contributed by atoms with E-state index in [1.54, 1.807) is 0 Å². The number of primary amides is 1. The van der Waals surface area contributed by atoms with Crippen molar-refractivity contribution in [3.63, 3.8) is 0 Å². The van der Waals surface area contributed by atoms with Crippen LogP contribution in [0.15, 0.2) is 12.2 Å². The zero-order valence-electron chi connectivity index (χ0n) is 9.26. The fourth-order valence-corrected chi connectivity index (χ4v) is 1.55. The number of hydrogen-bond acceptors (Lipinski definition) is 3. The fraction of sp³-hybridized carbons (Fsp3) is 0.500. The van der Waals surface area contributed by atoms with Crippen molar-refractivity contribution < 1.29 is 19.5 Å². The molecule has 0 radical (unpaired) electrons. The van der Waals surface area contributed by atoms with Crippen LogP contribution < -0.4 is 11.1 Å². The predicted molar refractivity (Wildman–Crippen MR) is 59.1 cm³/mol. The Morgan fingerprint density at radius 2 is 1.88 bits per heavy atom. The summed E-state index contributed by atoms with van der Waals surface area (Å²) >= 11 is 0. The lowest BCUT2D eigenvalue weighted by molar-refractivity contribution is -0.137. The molecule has 0 saturated carbocycles. The molecule has 3 amide bonds. The molecule has 0 atom stereocenters. The standard InChI is InChI=1S/C10H15N3O4/c11-8(14)5-13(6-9(15)16)10(17)12-7-3-1-2-4-7/h1-2,7H,3-6H2,(H2,11,14)(H,12,17)(H,15,16). The zero-order chi connectivity index (χ0) is 12.8. The number of amides is 3. The number of carboxylic acids is 1. The monoisotopic (exact) mass is 241 g/mol. The van der Waals surface area contributed by atoms with Gasteiger partial charge in [0, 0.05) is 6.04 Å². The van der Waals surface area contributed by atoms with Gasteiger partial charge in [0.2, 0.25) is 5.91 Å². The first-order valence-corrected chi connectivity index (χ1v) is 5.19. The number of aliphatic carboxylic acids is 1. The summed E-state index contributed by atoms with van der Waals surface area (Å²) in [5.74, 6) is -1.93. The van der Waals surface area contributed by atoms with Gasteiger partial charge in [-0.25, -0.2) is 4.79 Å². The molecule has 4 N–H and O–H groups in total. The van der Waals surface area contributed by atoms with Gasteiger partial charge in [0.25, 0.3) is 0 Å². The van der Waals surface area contributed by atoms with Crippen LogP contribution in [0.1, 0.15) is 12.8 Å². The maximum absolute atomic E-state index is 11.7. The molecule has 0 bridgehead atoms.